The highest BCUT2D eigenvalue weighted by Gasteiger charge is 2.14. The molecule has 0 spiro atoms. The number of hydrogen-bond donors (Lipinski definition) is 0. The van der Waals surface area contributed by atoms with Crippen LogP contribution in [0.2, 0.25) is 0 Å². The Balaban J connectivity index is 2.23. The van der Waals surface area contributed by atoms with Crippen LogP contribution in [0.1, 0.15) is 23.4 Å². The van der Waals surface area contributed by atoms with Crippen molar-refractivity contribution in [3.05, 3.63) is 50.6 Å². The van der Waals surface area contributed by atoms with Crippen LogP contribution in [-0.4, -0.2) is 7.05 Å². The van der Waals surface area contributed by atoms with Crippen LogP contribution in [-0.2, 0) is 5.33 Å². The molecule has 0 saturated heterocycles. The highest BCUT2D eigenvalue weighted by molar-refractivity contribution is 9.10. The molecule has 1 aromatic carbocycles. The van der Waals surface area contributed by atoms with E-state index in [-0.39, 0.29) is 0 Å². The Morgan fingerprint density at radius 1 is 1.33 bits per heavy atom. The Labute approximate surface area is 129 Å². The molecule has 0 aliphatic rings. The van der Waals surface area contributed by atoms with Gasteiger partial charge in [0.2, 0.25) is 0 Å². The number of hydrogen-bond acceptors (Lipinski definition) is 2. The zero-order chi connectivity index (χ0) is 13.1. The lowest BCUT2D eigenvalue weighted by Crippen LogP contribution is -2.20. The average Bonchev–Trinajstić information content (AvgIpc) is 2.90. The van der Waals surface area contributed by atoms with E-state index in [2.05, 4.69) is 86.4 Å². The minimum absolute atomic E-state index is 0.395. The molecule has 0 aliphatic carbocycles. The van der Waals surface area contributed by atoms with E-state index in [4.69, 9.17) is 0 Å². The number of benzene rings is 1. The molecule has 0 bridgehead atoms. The quantitative estimate of drug-likeness (QED) is 0.616. The van der Waals surface area contributed by atoms with Crippen molar-refractivity contribution in [1.29, 1.82) is 0 Å². The monoisotopic (exact) mass is 387 g/mol. The van der Waals surface area contributed by atoms with Gasteiger partial charge in [0.25, 0.3) is 0 Å². The molecule has 96 valence electrons. The van der Waals surface area contributed by atoms with Gasteiger partial charge in [-0.1, -0.05) is 44.0 Å². The van der Waals surface area contributed by atoms with E-state index in [0.29, 0.717) is 6.04 Å². The summed E-state index contributed by atoms with van der Waals surface area (Å²) in [5, 5.41) is 3.00. The van der Waals surface area contributed by atoms with Crippen LogP contribution in [0.4, 0.5) is 5.69 Å². The third kappa shape index (κ3) is 2.98. The van der Waals surface area contributed by atoms with E-state index in [0.717, 1.165) is 9.80 Å². The van der Waals surface area contributed by atoms with E-state index < -0.39 is 0 Å². The molecule has 1 heterocycles. The van der Waals surface area contributed by atoms with Crippen LogP contribution in [0, 0.1) is 0 Å². The summed E-state index contributed by atoms with van der Waals surface area (Å²) >= 11 is 8.91. The first-order valence-electron chi connectivity index (χ1n) is 5.74. The lowest BCUT2D eigenvalue weighted by molar-refractivity contribution is 0.754. The molecule has 0 N–H and O–H groups in total. The van der Waals surface area contributed by atoms with Gasteiger partial charge in [0.05, 0.1) is 6.04 Å². The zero-order valence-electron chi connectivity index (χ0n) is 10.4. The maximum absolute atomic E-state index is 3.62. The maximum Gasteiger partial charge on any atom is 0.0603 e. The normalized spacial score (nSPS) is 12.4. The molecular weight excluding hydrogens is 374 g/mol. The lowest BCUT2D eigenvalue weighted by Gasteiger charge is -2.26. The van der Waals surface area contributed by atoms with Gasteiger partial charge in [-0.25, -0.2) is 0 Å². The van der Waals surface area contributed by atoms with Crippen LogP contribution in [0.25, 0.3) is 0 Å². The number of thiophene rings is 1. The molecule has 0 fully saturated rings. The fourth-order valence-corrected chi connectivity index (χ4v) is 4.01. The number of anilines is 1. The molecule has 2 aromatic rings. The topological polar surface area (TPSA) is 3.24 Å². The number of rotatable bonds is 4. The summed E-state index contributed by atoms with van der Waals surface area (Å²) in [6.07, 6.45) is 0. The van der Waals surface area contributed by atoms with E-state index in [1.807, 2.05) is 0 Å². The van der Waals surface area contributed by atoms with Crippen LogP contribution in [0.5, 0.6) is 0 Å². The van der Waals surface area contributed by atoms with E-state index in [1.165, 1.54) is 16.1 Å². The molecule has 1 unspecified atom stereocenters. The van der Waals surface area contributed by atoms with Crippen molar-refractivity contribution in [1.82, 2.24) is 0 Å². The predicted molar refractivity (Wildman–Crippen MR) is 87.9 cm³/mol. The van der Waals surface area contributed by atoms with Gasteiger partial charge >= 0.3 is 0 Å². The molecule has 18 heavy (non-hydrogen) atoms. The van der Waals surface area contributed by atoms with Crippen LogP contribution in [0.15, 0.2) is 40.2 Å². The minimum Gasteiger partial charge on any atom is -0.367 e. The Hall–Kier alpha value is -0.320. The smallest absolute Gasteiger partial charge is 0.0603 e. The molecule has 0 radical (unpaired) electrons. The van der Waals surface area contributed by atoms with Crippen LogP contribution < -0.4 is 4.90 Å². The maximum atomic E-state index is 3.62. The van der Waals surface area contributed by atoms with Crippen LogP contribution in [0.3, 0.4) is 0 Å². The minimum atomic E-state index is 0.395. The van der Waals surface area contributed by atoms with Gasteiger partial charge < -0.3 is 4.90 Å². The van der Waals surface area contributed by atoms with Gasteiger partial charge in [-0.05, 0) is 36.1 Å². The predicted octanol–water partition coefficient (Wildman–Crippen LogP) is 5.60. The molecular formula is C14H15Br2NS. The van der Waals surface area contributed by atoms with Gasteiger partial charge in [0, 0.05) is 27.4 Å². The lowest BCUT2D eigenvalue weighted by atomic mass is 10.2. The second-order valence-electron chi connectivity index (χ2n) is 4.21. The summed E-state index contributed by atoms with van der Waals surface area (Å²) in [5.41, 5.74) is 2.50. The highest BCUT2D eigenvalue weighted by atomic mass is 79.9. The van der Waals surface area contributed by atoms with Crippen LogP contribution >= 0.6 is 43.2 Å². The summed E-state index contributed by atoms with van der Waals surface area (Å²) in [6.45, 7) is 2.23. The Bertz CT molecular complexity index is 511. The van der Waals surface area contributed by atoms with Gasteiger partial charge in [-0.3, -0.25) is 0 Å². The number of halogens is 2. The van der Waals surface area contributed by atoms with Crippen molar-refractivity contribution in [3.63, 3.8) is 0 Å². The van der Waals surface area contributed by atoms with Gasteiger partial charge in [-0.15, -0.1) is 11.3 Å². The SMILES string of the molecule is CC(c1cccs1)N(C)c1ccc(CBr)c(Br)c1. The third-order valence-corrected chi connectivity index (χ3v) is 5.51. The standard InChI is InChI=1S/C14H15Br2NS/c1-10(14-4-3-7-18-14)17(2)12-6-5-11(9-15)13(16)8-12/h3-8,10H,9H2,1-2H3. The fourth-order valence-electron chi connectivity index (χ4n) is 1.81. The highest BCUT2D eigenvalue weighted by Crippen LogP contribution is 2.31. The van der Waals surface area contributed by atoms with E-state index in [9.17, 15) is 0 Å². The Morgan fingerprint density at radius 3 is 2.67 bits per heavy atom. The summed E-state index contributed by atoms with van der Waals surface area (Å²) in [7, 11) is 2.14. The first kappa shape index (κ1) is 14.1. The van der Waals surface area contributed by atoms with Crippen molar-refractivity contribution in [2.45, 2.75) is 18.3 Å². The zero-order valence-corrected chi connectivity index (χ0v) is 14.3. The molecule has 2 rings (SSSR count). The fraction of sp³-hybridized carbons (Fsp3) is 0.286. The van der Waals surface area contributed by atoms with Gasteiger partial charge in [0.1, 0.15) is 0 Å². The van der Waals surface area contributed by atoms with Crippen molar-refractivity contribution >= 4 is 48.9 Å². The first-order valence-corrected chi connectivity index (χ1v) is 8.53. The molecule has 4 heteroatoms. The van der Waals surface area contributed by atoms with Crippen molar-refractivity contribution in [2.75, 3.05) is 11.9 Å². The Morgan fingerprint density at radius 2 is 2.11 bits per heavy atom. The molecule has 0 aliphatic heterocycles. The number of nitrogens with zero attached hydrogens (tertiary/aromatic N) is 1. The second-order valence-corrected chi connectivity index (χ2v) is 6.61. The first-order chi connectivity index (χ1) is 8.63. The molecule has 0 amide bonds. The van der Waals surface area contributed by atoms with Gasteiger partial charge in [0.15, 0.2) is 0 Å². The van der Waals surface area contributed by atoms with Gasteiger partial charge in [-0.2, -0.15) is 0 Å². The molecule has 0 saturated carbocycles. The van der Waals surface area contributed by atoms with E-state index in [1.54, 1.807) is 11.3 Å². The summed E-state index contributed by atoms with van der Waals surface area (Å²) in [4.78, 5) is 3.69. The molecule has 1 atom stereocenters. The van der Waals surface area contributed by atoms with Crippen molar-refractivity contribution < 1.29 is 0 Å². The number of alkyl halides is 1. The molecule has 1 nitrogen and oxygen atoms in total. The van der Waals surface area contributed by atoms with E-state index >= 15 is 0 Å². The van der Waals surface area contributed by atoms with Crippen molar-refractivity contribution in [3.8, 4) is 0 Å². The third-order valence-electron chi connectivity index (χ3n) is 3.12. The van der Waals surface area contributed by atoms with Crippen molar-refractivity contribution in [2.24, 2.45) is 0 Å². The largest absolute Gasteiger partial charge is 0.367 e. The second kappa shape index (κ2) is 6.22. The molecule has 1 aromatic heterocycles. The summed E-state index contributed by atoms with van der Waals surface area (Å²) in [6, 6.07) is 11.2. The average molecular weight is 389 g/mol. The summed E-state index contributed by atoms with van der Waals surface area (Å²) < 4.78 is 1.15. The summed E-state index contributed by atoms with van der Waals surface area (Å²) in [5.74, 6) is 0. The Kier molecular flexibility index (Phi) is 4.87.